The number of nitrogens with zero attached hydrogens (tertiary/aromatic N) is 2. The minimum Gasteiger partial charge on any atom is -0.339 e. The van der Waals surface area contributed by atoms with Crippen LogP contribution in [0.1, 0.15) is 50.7 Å². The summed E-state index contributed by atoms with van der Waals surface area (Å²) < 4.78 is 5.40. The first-order valence-corrected chi connectivity index (χ1v) is 6.24. The van der Waals surface area contributed by atoms with Crippen LogP contribution in [0.2, 0.25) is 0 Å². The van der Waals surface area contributed by atoms with Crippen molar-refractivity contribution >= 4 is 0 Å². The molecule has 1 aromatic heterocycles. The monoisotopic (exact) mass is 221 g/mol. The highest BCUT2D eigenvalue weighted by atomic mass is 16.5. The van der Waals surface area contributed by atoms with E-state index in [4.69, 9.17) is 4.52 Å². The number of nitrogens with one attached hydrogen (secondary N) is 1. The number of aromatic nitrogens is 2. The molecule has 88 valence electrons. The minimum atomic E-state index is 0.116. The van der Waals surface area contributed by atoms with Gasteiger partial charge < -0.3 is 9.84 Å². The Balaban J connectivity index is 1.80. The number of hydrogen-bond donors (Lipinski definition) is 1. The predicted molar refractivity (Wildman–Crippen MR) is 60.3 cm³/mol. The summed E-state index contributed by atoms with van der Waals surface area (Å²) in [5.41, 5.74) is 0.116. The number of rotatable bonds is 2. The summed E-state index contributed by atoms with van der Waals surface area (Å²) in [4.78, 5) is 4.61. The standard InChI is InChI=1S/C12H19N3O/c1-8-7-9(8)10-14-11(15-16-10)12(2)3-5-13-6-4-12/h8-9,13H,3-7H2,1-2H3/t8-,9+/m0/s1. The highest BCUT2D eigenvalue weighted by Gasteiger charge is 2.41. The van der Waals surface area contributed by atoms with Crippen LogP contribution in [0, 0.1) is 5.92 Å². The Morgan fingerprint density at radius 1 is 1.38 bits per heavy atom. The highest BCUT2D eigenvalue weighted by molar-refractivity contribution is 5.11. The third-order valence-electron chi connectivity index (χ3n) is 4.12. The van der Waals surface area contributed by atoms with E-state index >= 15 is 0 Å². The van der Waals surface area contributed by atoms with E-state index in [1.165, 1.54) is 6.42 Å². The van der Waals surface area contributed by atoms with Crippen LogP contribution in [-0.2, 0) is 5.41 Å². The second kappa shape index (κ2) is 3.55. The molecule has 1 N–H and O–H groups in total. The fraction of sp³-hybridized carbons (Fsp3) is 0.833. The van der Waals surface area contributed by atoms with Gasteiger partial charge in [-0.1, -0.05) is 19.0 Å². The van der Waals surface area contributed by atoms with E-state index in [2.05, 4.69) is 29.3 Å². The summed E-state index contributed by atoms with van der Waals surface area (Å²) in [6.07, 6.45) is 3.41. The molecule has 0 radical (unpaired) electrons. The van der Waals surface area contributed by atoms with Gasteiger partial charge >= 0.3 is 0 Å². The van der Waals surface area contributed by atoms with Crippen molar-refractivity contribution in [3.63, 3.8) is 0 Å². The molecule has 1 saturated carbocycles. The number of piperidine rings is 1. The molecule has 2 atom stereocenters. The van der Waals surface area contributed by atoms with Gasteiger partial charge in [0.1, 0.15) is 0 Å². The fourth-order valence-electron chi connectivity index (χ4n) is 2.50. The first kappa shape index (κ1) is 10.3. The van der Waals surface area contributed by atoms with Crippen molar-refractivity contribution in [2.45, 2.75) is 44.4 Å². The Morgan fingerprint density at radius 2 is 2.06 bits per heavy atom. The van der Waals surface area contributed by atoms with Crippen LogP contribution < -0.4 is 5.32 Å². The van der Waals surface area contributed by atoms with Crippen LogP contribution >= 0.6 is 0 Å². The Bertz CT molecular complexity index is 381. The zero-order valence-corrected chi connectivity index (χ0v) is 9.99. The summed E-state index contributed by atoms with van der Waals surface area (Å²) in [7, 11) is 0. The van der Waals surface area contributed by atoms with Crippen LogP contribution in [0.15, 0.2) is 4.52 Å². The van der Waals surface area contributed by atoms with Crippen molar-refractivity contribution < 1.29 is 4.52 Å². The second-order valence-electron chi connectivity index (χ2n) is 5.59. The molecule has 1 aliphatic heterocycles. The van der Waals surface area contributed by atoms with E-state index in [0.717, 1.165) is 43.6 Å². The van der Waals surface area contributed by atoms with Crippen molar-refractivity contribution in [2.75, 3.05) is 13.1 Å². The molecule has 2 fully saturated rings. The molecule has 1 aromatic rings. The maximum Gasteiger partial charge on any atom is 0.230 e. The topological polar surface area (TPSA) is 51.0 Å². The van der Waals surface area contributed by atoms with Gasteiger partial charge in [0.05, 0.1) is 0 Å². The summed E-state index contributed by atoms with van der Waals surface area (Å²) >= 11 is 0. The molecule has 0 amide bonds. The van der Waals surface area contributed by atoms with Crippen molar-refractivity contribution in [3.8, 4) is 0 Å². The lowest BCUT2D eigenvalue weighted by molar-refractivity contribution is 0.299. The largest absolute Gasteiger partial charge is 0.339 e. The van der Waals surface area contributed by atoms with Gasteiger partial charge in [-0.2, -0.15) is 4.98 Å². The molecule has 16 heavy (non-hydrogen) atoms. The van der Waals surface area contributed by atoms with Gasteiger partial charge in [-0.25, -0.2) is 0 Å². The van der Waals surface area contributed by atoms with Gasteiger partial charge in [0, 0.05) is 11.3 Å². The summed E-state index contributed by atoms with van der Waals surface area (Å²) in [5.74, 6) is 3.05. The zero-order valence-electron chi connectivity index (χ0n) is 9.99. The molecular formula is C12H19N3O. The van der Waals surface area contributed by atoms with Gasteiger partial charge in [-0.3, -0.25) is 0 Å². The van der Waals surface area contributed by atoms with E-state index in [9.17, 15) is 0 Å². The van der Waals surface area contributed by atoms with Gasteiger partial charge in [0.2, 0.25) is 5.89 Å². The first-order valence-electron chi connectivity index (χ1n) is 6.24. The van der Waals surface area contributed by atoms with Gasteiger partial charge in [-0.15, -0.1) is 0 Å². The molecule has 4 nitrogen and oxygen atoms in total. The van der Waals surface area contributed by atoms with Crippen LogP contribution in [0.25, 0.3) is 0 Å². The predicted octanol–water partition coefficient (Wildman–Crippen LogP) is 1.83. The van der Waals surface area contributed by atoms with Gasteiger partial charge in [0.15, 0.2) is 5.82 Å². The van der Waals surface area contributed by atoms with Crippen LogP contribution in [0.5, 0.6) is 0 Å². The SMILES string of the molecule is C[C@H]1C[C@H]1c1nc(C2(C)CCNCC2)no1. The second-order valence-corrected chi connectivity index (χ2v) is 5.59. The average Bonchev–Trinajstić information content (AvgIpc) is 2.82. The molecule has 0 aromatic carbocycles. The first-order chi connectivity index (χ1) is 7.69. The minimum absolute atomic E-state index is 0.116. The average molecular weight is 221 g/mol. The lowest BCUT2D eigenvalue weighted by Gasteiger charge is -2.30. The van der Waals surface area contributed by atoms with E-state index < -0.39 is 0 Å². The summed E-state index contributed by atoms with van der Waals surface area (Å²) in [6, 6.07) is 0. The summed E-state index contributed by atoms with van der Waals surface area (Å²) in [6.45, 7) is 6.60. The van der Waals surface area contributed by atoms with Crippen molar-refractivity contribution in [1.29, 1.82) is 0 Å². The van der Waals surface area contributed by atoms with Gasteiger partial charge in [-0.05, 0) is 38.3 Å². The zero-order chi connectivity index (χ0) is 11.2. The smallest absolute Gasteiger partial charge is 0.230 e. The normalized spacial score (nSPS) is 32.6. The van der Waals surface area contributed by atoms with Gasteiger partial charge in [0.25, 0.3) is 0 Å². The fourth-order valence-corrected chi connectivity index (χ4v) is 2.50. The molecule has 1 aliphatic carbocycles. The lowest BCUT2D eigenvalue weighted by Crippen LogP contribution is -2.38. The highest BCUT2D eigenvalue weighted by Crippen LogP contribution is 2.46. The molecular weight excluding hydrogens is 202 g/mol. The Hall–Kier alpha value is -0.900. The quantitative estimate of drug-likeness (QED) is 0.827. The molecule has 2 aliphatic rings. The van der Waals surface area contributed by atoms with Crippen molar-refractivity contribution in [2.24, 2.45) is 5.92 Å². The Labute approximate surface area is 95.8 Å². The third kappa shape index (κ3) is 1.65. The maximum absolute atomic E-state index is 5.40. The molecule has 4 heteroatoms. The van der Waals surface area contributed by atoms with Crippen LogP contribution in [0.4, 0.5) is 0 Å². The summed E-state index contributed by atoms with van der Waals surface area (Å²) in [5, 5.41) is 7.57. The van der Waals surface area contributed by atoms with Crippen molar-refractivity contribution in [1.82, 2.24) is 15.5 Å². The van der Waals surface area contributed by atoms with Crippen molar-refractivity contribution in [3.05, 3.63) is 11.7 Å². The molecule has 0 bridgehead atoms. The number of hydrogen-bond acceptors (Lipinski definition) is 4. The molecule has 3 rings (SSSR count). The van der Waals surface area contributed by atoms with E-state index in [1.807, 2.05) is 0 Å². The molecule has 2 heterocycles. The van der Waals surface area contributed by atoms with E-state index in [0.29, 0.717) is 5.92 Å². The molecule has 0 spiro atoms. The third-order valence-corrected chi connectivity index (χ3v) is 4.12. The van der Waals surface area contributed by atoms with Crippen LogP contribution in [0.3, 0.4) is 0 Å². The van der Waals surface area contributed by atoms with Crippen LogP contribution in [-0.4, -0.2) is 23.2 Å². The maximum atomic E-state index is 5.40. The molecule has 0 unspecified atom stereocenters. The Kier molecular flexibility index (Phi) is 2.28. The lowest BCUT2D eigenvalue weighted by atomic mass is 9.80. The Morgan fingerprint density at radius 3 is 2.69 bits per heavy atom. The van der Waals surface area contributed by atoms with E-state index in [-0.39, 0.29) is 5.41 Å². The van der Waals surface area contributed by atoms with E-state index in [1.54, 1.807) is 0 Å². The molecule has 1 saturated heterocycles.